The summed E-state index contributed by atoms with van der Waals surface area (Å²) in [7, 11) is 0. The molecular formula is C16H9FN6O. The summed E-state index contributed by atoms with van der Waals surface area (Å²) in [6.45, 7) is 0. The third-order valence-corrected chi connectivity index (χ3v) is 3.64. The molecule has 1 amide bonds. The van der Waals surface area contributed by atoms with E-state index in [2.05, 4.69) is 25.6 Å². The average Bonchev–Trinajstić information content (AvgIpc) is 2.64. The Hall–Kier alpha value is -3.55. The maximum absolute atomic E-state index is 13.1. The van der Waals surface area contributed by atoms with Crippen LogP contribution in [-0.2, 0) is 4.79 Å². The van der Waals surface area contributed by atoms with Crippen molar-refractivity contribution in [2.24, 2.45) is 0 Å². The van der Waals surface area contributed by atoms with Gasteiger partial charge in [-0.15, -0.1) is 10.2 Å². The second-order valence-electron chi connectivity index (χ2n) is 5.00. The van der Waals surface area contributed by atoms with Crippen molar-refractivity contribution in [3.63, 3.8) is 0 Å². The highest BCUT2D eigenvalue weighted by Crippen LogP contribution is 2.33. The summed E-state index contributed by atoms with van der Waals surface area (Å²) in [4.78, 5) is 17.0. The van der Waals surface area contributed by atoms with Crippen LogP contribution in [0.4, 0.5) is 15.9 Å². The number of fused-ring (bicyclic) bond motifs is 3. The van der Waals surface area contributed by atoms with Crippen molar-refractivity contribution < 1.29 is 9.18 Å². The first kappa shape index (κ1) is 14.1. The molecular weight excluding hydrogens is 311 g/mol. The molecule has 0 saturated carbocycles. The highest BCUT2D eigenvalue weighted by molar-refractivity contribution is 6.13. The lowest BCUT2D eigenvalue weighted by molar-refractivity contribution is -0.106. The first-order chi connectivity index (χ1) is 11.8. The summed E-state index contributed by atoms with van der Waals surface area (Å²) in [5.41, 5.74) is 1.63. The Morgan fingerprint density at radius 1 is 1.00 bits per heavy atom. The Labute approximate surface area is 134 Å². The quantitative estimate of drug-likeness (QED) is 0.426. The van der Waals surface area contributed by atoms with Crippen LogP contribution in [0.15, 0.2) is 48.7 Å². The van der Waals surface area contributed by atoms with Crippen LogP contribution in [-0.4, -0.2) is 32.0 Å². The number of rotatable bonds is 3. The van der Waals surface area contributed by atoms with Crippen LogP contribution in [0.1, 0.15) is 0 Å². The Morgan fingerprint density at radius 2 is 1.88 bits per heavy atom. The summed E-state index contributed by atoms with van der Waals surface area (Å²) >= 11 is 0. The number of pyridine rings is 1. The molecule has 2 aromatic heterocycles. The van der Waals surface area contributed by atoms with Gasteiger partial charge in [0.25, 0.3) is 0 Å². The van der Waals surface area contributed by atoms with Gasteiger partial charge in [0.15, 0.2) is 0 Å². The van der Waals surface area contributed by atoms with Crippen LogP contribution in [0.5, 0.6) is 0 Å². The lowest BCUT2D eigenvalue weighted by Crippen LogP contribution is -2.16. The summed E-state index contributed by atoms with van der Waals surface area (Å²) < 4.78 is 13.1. The van der Waals surface area contributed by atoms with Crippen molar-refractivity contribution in [3.8, 4) is 0 Å². The maximum atomic E-state index is 13.1. The summed E-state index contributed by atoms with van der Waals surface area (Å²) in [6.07, 6.45) is 1.68. The monoisotopic (exact) mass is 320 g/mol. The van der Waals surface area contributed by atoms with Gasteiger partial charge in [0.1, 0.15) is 22.7 Å². The van der Waals surface area contributed by atoms with Crippen molar-refractivity contribution in [1.82, 2.24) is 25.6 Å². The van der Waals surface area contributed by atoms with Crippen LogP contribution in [0.2, 0.25) is 0 Å². The van der Waals surface area contributed by atoms with E-state index in [0.29, 0.717) is 34.3 Å². The van der Waals surface area contributed by atoms with Gasteiger partial charge in [0, 0.05) is 5.39 Å². The zero-order chi connectivity index (χ0) is 16.5. The highest BCUT2D eigenvalue weighted by Gasteiger charge is 2.16. The van der Waals surface area contributed by atoms with Crippen LogP contribution < -0.4 is 4.90 Å². The minimum atomic E-state index is -0.478. The molecule has 0 spiro atoms. The van der Waals surface area contributed by atoms with Gasteiger partial charge in [-0.25, -0.2) is 9.37 Å². The molecule has 0 N–H and O–H groups in total. The number of hydrogen-bond acceptors (Lipinski definition) is 6. The minimum Gasteiger partial charge on any atom is -0.278 e. The largest absolute Gasteiger partial charge is 0.278 e. The normalized spacial score (nSPS) is 10.9. The Kier molecular flexibility index (Phi) is 3.27. The summed E-state index contributed by atoms with van der Waals surface area (Å²) in [6, 6.07) is 11.8. The number of hydrogen-bond donors (Lipinski definition) is 0. The van der Waals surface area contributed by atoms with E-state index >= 15 is 0 Å². The smallest absolute Gasteiger partial charge is 0.219 e. The molecule has 0 unspecified atom stereocenters. The van der Waals surface area contributed by atoms with Crippen molar-refractivity contribution in [2.75, 3.05) is 4.90 Å². The topological polar surface area (TPSA) is 84.8 Å². The molecule has 4 rings (SSSR count). The van der Waals surface area contributed by atoms with Crippen LogP contribution >= 0.6 is 0 Å². The van der Waals surface area contributed by atoms with E-state index in [4.69, 9.17) is 0 Å². The van der Waals surface area contributed by atoms with Crippen LogP contribution in [0.25, 0.3) is 21.8 Å². The van der Waals surface area contributed by atoms with Gasteiger partial charge in [-0.05, 0) is 40.1 Å². The van der Waals surface area contributed by atoms with Gasteiger partial charge < -0.3 is 0 Å². The fourth-order valence-electron chi connectivity index (χ4n) is 2.59. The molecule has 116 valence electrons. The number of benzene rings is 2. The average molecular weight is 320 g/mol. The maximum Gasteiger partial charge on any atom is 0.219 e. The predicted molar refractivity (Wildman–Crippen MR) is 85.0 cm³/mol. The molecule has 0 radical (unpaired) electrons. The number of carbonyl (C=O) groups excluding carboxylic acids is 1. The van der Waals surface area contributed by atoms with E-state index in [1.54, 1.807) is 12.1 Å². The lowest BCUT2D eigenvalue weighted by Gasteiger charge is -2.18. The molecule has 0 aliphatic rings. The second kappa shape index (κ2) is 5.58. The SMILES string of the molecule is O=CN(c1ccc(F)cn1)c1cccc2ccc3nnnnc3c12. The molecule has 0 fully saturated rings. The third kappa shape index (κ3) is 2.21. The van der Waals surface area contributed by atoms with E-state index in [1.165, 1.54) is 17.0 Å². The van der Waals surface area contributed by atoms with Crippen molar-refractivity contribution in [1.29, 1.82) is 0 Å². The molecule has 0 atom stereocenters. The molecule has 0 aliphatic heterocycles. The van der Waals surface area contributed by atoms with E-state index in [-0.39, 0.29) is 0 Å². The zero-order valence-electron chi connectivity index (χ0n) is 12.2. The van der Waals surface area contributed by atoms with Gasteiger partial charge in [-0.1, -0.05) is 18.2 Å². The van der Waals surface area contributed by atoms with E-state index in [0.717, 1.165) is 11.6 Å². The lowest BCUT2D eigenvalue weighted by atomic mass is 10.1. The Balaban J connectivity index is 2.03. The molecule has 4 aromatic rings. The standard InChI is InChI=1S/C16H9FN6O/c17-11-5-7-14(18-8-11)23(9-24)13-3-1-2-10-4-6-12-16(15(10)13)20-22-21-19-12/h1-9H. The fourth-order valence-corrected chi connectivity index (χ4v) is 2.59. The van der Waals surface area contributed by atoms with Gasteiger partial charge >= 0.3 is 0 Å². The number of nitrogens with zero attached hydrogens (tertiary/aromatic N) is 6. The second-order valence-corrected chi connectivity index (χ2v) is 5.00. The number of anilines is 2. The number of carbonyl (C=O) groups is 1. The van der Waals surface area contributed by atoms with E-state index in [1.807, 2.05) is 18.2 Å². The fraction of sp³-hybridized carbons (Fsp3) is 0. The zero-order valence-corrected chi connectivity index (χ0v) is 12.2. The molecule has 8 heteroatoms. The number of aromatic nitrogens is 5. The van der Waals surface area contributed by atoms with Crippen molar-refractivity contribution in [2.45, 2.75) is 0 Å². The van der Waals surface area contributed by atoms with E-state index in [9.17, 15) is 9.18 Å². The highest BCUT2D eigenvalue weighted by atomic mass is 19.1. The third-order valence-electron chi connectivity index (χ3n) is 3.64. The van der Waals surface area contributed by atoms with Gasteiger partial charge in [0.2, 0.25) is 6.41 Å². The summed E-state index contributed by atoms with van der Waals surface area (Å²) in [5, 5.41) is 16.7. The first-order valence-electron chi connectivity index (χ1n) is 7.01. The van der Waals surface area contributed by atoms with Gasteiger partial charge in [0.05, 0.1) is 11.9 Å². The Morgan fingerprint density at radius 3 is 2.67 bits per heavy atom. The number of halogens is 1. The summed E-state index contributed by atoms with van der Waals surface area (Å²) in [5.74, 6) is -0.181. The molecule has 24 heavy (non-hydrogen) atoms. The molecule has 0 aliphatic carbocycles. The number of amides is 1. The molecule has 0 bridgehead atoms. The molecule has 7 nitrogen and oxygen atoms in total. The first-order valence-corrected chi connectivity index (χ1v) is 7.01. The van der Waals surface area contributed by atoms with Crippen LogP contribution in [0, 0.1) is 5.82 Å². The van der Waals surface area contributed by atoms with Gasteiger partial charge in [-0.2, -0.15) is 0 Å². The van der Waals surface area contributed by atoms with Gasteiger partial charge in [-0.3, -0.25) is 9.69 Å². The Bertz CT molecular complexity index is 1050. The van der Waals surface area contributed by atoms with Crippen LogP contribution in [0.3, 0.4) is 0 Å². The van der Waals surface area contributed by atoms with Crippen molar-refractivity contribution in [3.05, 3.63) is 54.5 Å². The van der Waals surface area contributed by atoms with Crippen molar-refractivity contribution >= 4 is 39.7 Å². The molecule has 2 aromatic carbocycles. The molecule has 2 heterocycles. The molecule has 0 saturated heterocycles. The minimum absolute atomic E-state index is 0.297. The predicted octanol–water partition coefficient (Wildman–Crippen LogP) is 2.40. The van der Waals surface area contributed by atoms with E-state index < -0.39 is 5.82 Å².